The zero-order chi connectivity index (χ0) is 11.7. The summed E-state index contributed by atoms with van der Waals surface area (Å²) in [4.78, 5) is 11.5. The normalized spacial score (nSPS) is 12.9. The predicted molar refractivity (Wildman–Crippen MR) is 63.6 cm³/mol. The largest absolute Gasteiger partial charge is 0.352 e. The van der Waals surface area contributed by atoms with E-state index in [9.17, 15) is 4.79 Å². The van der Waals surface area contributed by atoms with Crippen molar-refractivity contribution in [2.45, 2.75) is 39.2 Å². The van der Waals surface area contributed by atoms with Crippen LogP contribution in [-0.2, 0) is 4.79 Å². The molecule has 0 aromatic heterocycles. The number of carbonyl (C=O) groups excluding carboxylic acids is 1. The van der Waals surface area contributed by atoms with Gasteiger partial charge < -0.3 is 16.4 Å². The molecule has 0 bridgehead atoms. The van der Waals surface area contributed by atoms with Crippen LogP contribution in [0.3, 0.4) is 0 Å². The Balaban J connectivity index is 3.70. The van der Waals surface area contributed by atoms with Gasteiger partial charge in [-0.2, -0.15) is 0 Å². The summed E-state index contributed by atoms with van der Waals surface area (Å²) in [5, 5.41) is 5.98. The Morgan fingerprint density at radius 2 is 2.07 bits per heavy atom. The Morgan fingerprint density at radius 1 is 1.40 bits per heavy atom. The van der Waals surface area contributed by atoms with Gasteiger partial charge in [0.25, 0.3) is 0 Å². The maximum absolute atomic E-state index is 11.5. The van der Waals surface area contributed by atoms with E-state index in [0.717, 1.165) is 19.4 Å². The first-order valence-electron chi connectivity index (χ1n) is 5.74. The van der Waals surface area contributed by atoms with Crippen LogP contribution in [0, 0.1) is 5.92 Å². The summed E-state index contributed by atoms with van der Waals surface area (Å²) in [7, 11) is 1.89. The van der Waals surface area contributed by atoms with E-state index in [-0.39, 0.29) is 11.9 Å². The summed E-state index contributed by atoms with van der Waals surface area (Å²) in [6.45, 7) is 5.67. The minimum absolute atomic E-state index is 0.112. The molecule has 0 radical (unpaired) electrons. The van der Waals surface area contributed by atoms with Gasteiger partial charge in [-0.3, -0.25) is 4.79 Å². The summed E-state index contributed by atoms with van der Waals surface area (Å²) < 4.78 is 0. The van der Waals surface area contributed by atoms with Crippen LogP contribution in [0.4, 0.5) is 0 Å². The maximum Gasteiger partial charge on any atom is 0.220 e. The van der Waals surface area contributed by atoms with Crippen LogP contribution in [0.5, 0.6) is 0 Å². The van der Waals surface area contributed by atoms with Gasteiger partial charge in [-0.15, -0.1) is 0 Å². The van der Waals surface area contributed by atoms with Gasteiger partial charge in [0.2, 0.25) is 5.91 Å². The van der Waals surface area contributed by atoms with E-state index in [1.54, 1.807) is 0 Å². The highest BCUT2D eigenvalue weighted by Gasteiger charge is 2.11. The first kappa shape index (κ1) is 14.4. The fourth-order valence-corrected chi connectivity index (χ4v) is 1.51. The molecular weight excluding hydrogens is 190 g/mol. The summed E-state index contributed by atoms with van der Waals surface area (Å²) in [6.07, 6.45) is 2.41. The number of hydrogen-bond donors (Lipinski definition) is 3. The molecule has 0 aromatic carbocycles. The fourth-order valence-electron chi connectivity index (χ4n) is 1.51. The van der Waals surface area contributed by atoms with Crippen molar-refractivity contribution in [3.8, 4) is 0 Å². The molecule has 0 fully saturated rings. The van der Waals surface area contributed by atoms with E-state index in [2.05, 4.69) is 24.5 Å². The monoisotopic (exact) mass is 215 g/mol. The molecule has 0 rings (SSSR count). The number of carbonyl (C=O) groups is 1. The van der Waals surface area contributed by atoms with Crippen molar-refractivity contribution in [3.63, 3.8) is 0 Å². The molecule has 0 spiro atoms. The molecular formula is C11H25N3O. The lowest BCUT2D eigenvalue weighted by Crippen LogP contribution is -2.41. The minimum Gasteiger partial charge on any atom is -0.352 e. The van der Waals surface area contributed by atoms with E-state index in [1.807, 2.05) is 7.05 Å². The van der Waals surface area contributed by atoms with E-state index in [0.29, 0.717) is 18.9 Å². The number of rotatable bonds is 8. The number of nitrogens with one attached hydrogen (secondary N) is 2. The standard InChI is InChI=1S/C11H25N3O/c1-9(2)7-10(8-12)14-11(15)5-4-6-13-3/h9-10,13H,4-8,12H2,1-3H3,(H,14,15). The topological polar surface area (TPSA) is 67.2 Å². The van der Waals surface area contributed by atoms with Gasteiger partial charge in [0.15, 0.2) is 0 Å². The number of hydrogen-bond acceptors (Lipinski definition) is 3. The second kappa shape index (κ2) is 8.68. The summed E-state index contributed by atoms with van der Waals surface area (Å²) in [5.74, 6) is 0.678. The molecule has 4 N–H and O–H groups in total. The zero-order valence-corrected chi connectivity index (χ0v) is 10.2. The molecule has 0 saturated carbocycles. The van der Waals surface area contributed by atoms with Gasteiger partial charge in [0, 0.05) is 19.0 Å². The highest BCUT2D eigenvalue weighted by Crippen LogP contribution is 2.03. The molecule has 0 aromatic rings. The lowest BCUT2D eigenvalue weighted by atomic mass is 10.0. The average Bonchev–Trinajstić information content (AvgIpc) is 2.16. The molecule has 15 heavy (non-hydrogen) atoms. The average molecular weight is 215 g/mol. The van der Waals surface area contributed by atoms with E-state index < -0.39 is 0 Å². The summed E-state index contributed by atoms with van der Waals surface area (Å²) >= 11 is 0. The first-order chi connectivity index (χ1) is 7.10. The van der Waals surface area contributed by atoms with Gasteiger partial charge >= 0.3 is 0 Å². The van der Waals surface area contributed by atoms with Crippen molar-refractivity contribution in [2.24, 2.45) is 11.7 Å². The van der Waals surface area contributed by atoms with E-state index in [1.165, 1.54) is 0 Å². The Hall–Kier alpha value is -0.610. The predicted octanol–water partition coefficient (Wildman–Crippen LogP) is 0.476. The SMILES string of the molecule is CNCCCC(=O)NC(CN)CC(C)C. The Bertz CT molecular complexity index is 171. The zero-order valence-electron chi connectivity index (χ0n) is 10.2. The second-order valence-corrected chi connectivity index (χ2v) is 4.34. The maximum atomic E-state index is 11.5. The smallest absolute Gasteiger partial charge is 0.220 e. The van der Waals surface area contributed by atoms with Gasteiger partial charge in [0.05, 0.1) is 0 Å². The molecule has 1 atom stereocenters. The molecule has 0 saturated heterocycles. The van der Waals surface area contributed by atoms with Crippen LogP contribution in [-0.4, -0.2) is 32.1 Å². The van der Waals surface area contributed by atoms with Gasteiger partial charge in [0.1, 0.15) is 0 Å². The second-order valence-electron chi connectivity index (χ2n) is 4.34. The molecule has 4 nitrogen and oxygen atoms in total. The fraction of sp³-hybridized carbons (Fsp3) is 0.909. The van der Waals surface area contributed by atoms with Crippen LogP contribution < -0.4 is 16.4 Å². The Morgan fingerprint density at radius 3 is 2.53 bits per heavy atom. The number of nitrogens with two attached hydrogens (primary N) is 1. The highest BCUT2D eigenvalue weighted by atomic mass is 16.1. The van der Waals surface area contributed by atoms with Crippen molar-refractivity contribution < 1.29 is 4.79 Å². The third-order valence-corrected chi connectivity index (χ3v) is 2.24. The minimum atomic E-state index is 0.112. The van der Waals surface area contributed by atoms with Gasteiger partial charge in [-0.25, -0.2) is 0 Å². The van der Waals surface area contributed by atoms with Crippen LogP contribution in [0.15, 0.2) is 0 Å². The van der Waals surface area contributed by atoms with Crippen LogP contribution >= 0.6 is 0 Å². The van der Waals surface area contributed by atoms with Gasteiger partial charge in [-0.1, -0.05) is 13.8 Å². The molecule has 0 aliphatic carbocycles. The Labute approximate surface area is 93.0 Å². The van der Waals surface area contributed by atoms with Crippen molar-refractivity contribution in [1.82, 2.24) is 10.6 Å². The number of amides is 1. The molecule has 0 aliphatic rings. The molecule has 1 amide bonds. The summed E-state index contributed by atoms with van der Waals surface area (Å²) in [5.41, 5.74) is 5.60. The third-order valence-electron chi connectivity index (χ3n) is 2.24. The molecule has 4 heteroatoms. The van der Waals surface area contributed by atoms with E-state index >= 15 is 0 Å². The molecule has 1 unspecified atom stereocenters. The van der Waals surface area contributed by atoms with Crippen LogP contribution in [0.25, 0.3) is 0 Å². The molecule has 90 valence electrons. The Kier molecular flexibility index (Phi) is 8.33. The lowest BCUT2D eigenvalue weighted by Gasteiger charge is -2.18. The van der Waals surface area contributed by atoms with E-state index in [4.69, 9.17) is 5.73 Å². The van der Waals surface area contributed by atoms with Crippen molar-refractivity contribution >= 4 is 5.91 Å². The van der Waals surface area contributed by atoms with Gasteiger partial charge in [-0.05, 0) is 32.4 Å². The van der Waals surface area contributed by atoms with Crippen molar-refractivity contribution in [3.05, 3.63) is 0 Å². The van der Waals surface area contributed by atoms with Crippen LogP contribution in [0.2, 0.25) is 0 Å². The molecule has 0 aliphatic heterocycles. The first-order valence-corrected chi connectivity index (χ1v) is 5.74. The third kappa shape index (κ3) is 8.39. The highest BCUT2D eigenvalue weighted by molar-refractivity contribution is 5.76. The van der Waals surface area contributed by atoms with Crippen molar-refractivity contribution in [1.29, 1.82) is 0 Å². The lowest BCUT2D eigenvalue weighted by molar-refractivity contribution is -0.121. The quantitative estimate of drug-likeness (QED) is 0.516. The van der Waals surface area contributed by atoms with Crippen molar-refractivity contribution in [2.75, 3.05) is 20.1 Å². The van der Waals surface area contributed by atoms with Crippen LogP contribution in [0.1, 0.15) is 33.1 Å². The summed E-state index contributed by atoms with van der Waals surface area (Å²) in [6, 6.07) is 0.132. The molecule has 0 heterocycles.